The van der Waals surface area contributed by atoms with E-state index in [0.29, 0.717) is 16.7 Å². The Morgan fingerprint density at radius 1 is 1.24 bits per heavy atom. The minimum absolute atomic E-state index is 0.200. The maximum atomic E-state index is 12.2. The number of hydrogen-bond donors (Lipinski definition) is 1. The molecule has 1 aromatic heterocycles. The van der Waals surface area contributed by atoms with E-state index in [9.17, 15) is 13.2 Å². The van der Waals surface area contributed by atoms with Gasteiger partial charge in [-0.15, -0.1) is 0 Å². The molecule has 1 heterocycles. The fourth-order valence-corrected chi connectivity index (χ4v) is 1.64. The summed E-state index contributed by atoms with van der Waals surface area (Å²) in [5.41, 5.74) is 0.705. The Balaban J connectivity index is 2.45. The number of hydrogen-bond acceptors (Lipinski definition) is 3. The minimum atomic E-state index is -4.20. The molecular weight excluding hydrogens is 231 g/mol. The van der Waals surface area contributed by atoms with Crippen molar-refractivity contribution in [3.8, 4) is 0 Å². The topological polar surface area (TPSA) is 37.8 Å². The summed E-state index contributed by atoms with van der Waals surface area (Å²) in [5.74, 6) is 0.605. The van der Waals surface area contributed by atoms with Crippen LogP contribution in [0.3, 0.4) is 0 Å². The van der Waals surface area contributed by atoms with Crippen LogP contribution in [0.1, 0.15) is 5.56 Å². The summed E-state index contributed by atoms with van der Waals surface area (Å²) < 4.78 is 36.7. The average Bonchev–Trinajstić information content (AvgIpc) is 2.25. The highest BCUT2D eigenvalue weighted by molar-refractivity contribution is 5.89. The van der Waals surface area contributed by atoms with Crippen molar-refractivity contribution >= 4 is 16.7 Å². The van der Waals surface area contributed by atoms with Crippen molar-refractivity contribution in [2.24, 2.45) is 0 Å². The number of rotatable bonds is 2. The summed E-state index contributed by atoms with van der Waals surface area (Å²) in [5, 5.41) is 3.57. The minimum Gasteiger partial charge on any atom is -0.373 e. The second-order valence-corrected chi connectivity index (χ2v) is 3.62. The molecule has 0 atom stereocenters. The van der Waals surface area contributed by atoms with E-state index in [1.807, 2.05) is 0 Å². The van der Waals surface area contributed by atoms with Crippen molar-refractivity contribution in [2.45, 2.75) is 12.6 Å². The van der Waals surface area contributed by atoms with E-state index in [4.69, 9.17) is 0 Å². The molecule has 0 aliphatic rings. The Labute approximate surface area is 95.7 Å². The summed E-state index contributed by atoms with van der Waals surface area (Å²) in [7, 11) is 1.70. The standard InChI is InChI=1S/C11H10F3N3/c1-15-10-8-3-2-7(5-11(12,13)14)4-9(8)16-6-17-10/h2-4,6H,5H2,1H3,(H,15,16,17). The van der Waals surface area contributed by atoms with Crippen molar-refractivity contribution in [1.82, 2.24) is 9.97 Å². The van der Waals surface area contributed by atoms with E-state index in [2.05, 4.69) is 15.3 Å². The number of nitrogens with zero attached hydrogens (tertiary/aromatic N) is 2. The molecule has 2 rings (SSSR count). The van der Waals surface area contributed by atoms with Crippen LogP contribution in [-0.4, -0.2) is 23.2 Å². The summed E-state index contributed by atoms with van der Waals surface area (Å²) in [6.45, 7) is 0. The SMILES string of the molecule is CNc1ncnc2cc(CC(F)(F)F)ccc12. The molecule has 0 aliphatic heterocycles. The summed E-state index contributed by atoms with van der Waals surface area (Å²) in [4.78, 5) is 7.95. The zero-order valence-electron chi connectivity index (χ0n) is 9.04. The monoisotopic (exact) mass is 241 g/mol. The van der Waals surface area contributed by atoms with Crippen LogP contribution in [-0.2, 0) is 6.42 Å². The third kappa shape index (κ3) is 2.64. The molecule has 0 aliphatic carbocycles. The number of anilines is 1. The van der Waals surface area contributed by atoms with Crippen LogP contribution in [0.25, 0.3) is 10.9 Å². The lowest BCUT2D eigenvalue weighted by atomic mass is 10.1. The number of nitrogens with one attached hydrogen (secondary N) is 1. The van der Waals surface area contributed by atoms with E-state index in [1.165, 1.54) is 18.5 Å². The number of fused-ring (bicyclic) bond motifs is 1. The molecule has 1 aromatic carbocycles. The quantitative estimate of drug-likeness (QED) is 0.878. The van der Waals surface area contributed by atoms with Gasteiger partial charge in [-0.1, -0.05) is 6.07 Å². The highest BCUT2D eigenvalue weighted by Crippen LogP contribution is 2.25. The van der Waals surface area contributed by atoms with Crippen molar-refractivity contribution < 1.29 is 13.2 Å². The van der Waals surface area contributed by atoms with Gasteiger partial charge in [0, 0.05) is 12.4 Å². The normalized spacial score (nSPS) is 11.8. The molecule has 2 aromatic rings. The molecule has 90 valence electrons. The van der Waals surface area contributed by atoms with Gasteiger partial charge in [0.25, 0.3) is 0 Å². The Bertz CT molecular complexity index is 537. The molecule has 6 heteroatoms. The molecule has 0 saturated carbocycles. The Morgan fingerprint density at radius 3 is 2.65 bits per heavy atom. The second-order valence-electron chi connectivity index (χ2n) is 3.62. The van der Waals surface area contributed by atoms with Crippen molar-refractivity contribution in [3.63, 3.8) is 0 Å². The molecule has 3 nitrogen and oxygen atoms in total. The van der Waals surface area contributed by atoms with Gasteiger partial charge < -0.3 is 5.32 Å². The molecule has 17 heavy (non-hydrogen) atoms. The summed E-state index contributed by atoms with van der Waals surface area (Å²) in [6.07, 6.45) is -3.82. The first-order valence-corrected chi connectivity index (χ1v) is 4.98. The maximum Gasteiger partial charge on any atom is 0.393 e. The lowest BCUT2D eigenvalue weighted by Gasteiger charge is -2.08. The van der Waals surface area contributed by atoms with Crippen LogP contribution in [0.5, 0.6) is 0 Å². The second kappa shape index (κ2) is 4.20. The summed E-state index contributed by atoms with van der Waals surface area (Å²) in [6, 6.07) is 4.48. The van der Waals surface area contributed by atoms with E-state index in [-0.39, 0.29) is 5.56 Å². The van der Waals surface area contributed by atoms with Crippen LogP contribution in [0.4, 0.5) is 19.0 Å². The molecule has 0 amide bonds. The fourth-order valence-electron chi connectivity index (χ4n) is 1.64. The van der Waals surface area contributed by atoms with Gasteiger partial charge in [-0.25, -0.2) is 9.97 Å². The highest BCUT2D eigenvalue weighted by atomic mass is 19.4. The number of halogens is 3. The fraction of sp³-hybridized carbons (Fsp3) is 0.273. The van der Waals surface area contributed by atoms with Crippen molar-refractivity contribution in [1.29, 1.82) is 0 Å². The number of benzene rings is 1. The Hall–Kier alpha value is -1.85. The smallest absolute Gasteiger partial charge is 0.373 e. The van der Waals surface area contributed by atoms with Gasteiger partial charge in [0.05, 0.1) is 11.9 Å². The van der Waals surface area contributed by atoms with Gasteiger partial charge in [-0.3, -0.25) is 0 Å². The van der Waals surface area contributed by atoms with Crippen molar-refractivity contribution in [2.75, 3.05) is 12.4 Å². The predicted octanol–water partition coefficient (Wildman–Crippen LogP) is 2.78. The van der Waals surface area contributed by atoms with Crippen LogP contribution in [0, 0.1) is 0 Å². The maximum absolute atomic E-state index is 12.2. The van der Waals surface area contributed by atoms with Crippen LogP contribution in [0.15, 0.2) is 24.5 Å². The molecule has 0 spiro atoms. The predicted molar refractivity (Wildman–Crippen MR) is 58.8 cm³/mol. The largest absolute Gasteiger partial charge is 0.393 e. The molecular formula is C11H10F3N3. The van der Waals surface area contributed by atoms with Crippen molar-refractivity contribution in [3.05, 3.63) is 30.1 Å². The first kappa shape index (κ1) is 11.6. The Kier molecular flexibility index (Phi) is 2.87. The first-order chi connectivity index (χ1) is 7.99. The van der Waals surface area contributed by atoms with Gasteiger partial charge in [-0.05, 0) is 17.7 Å². The van der Waals surface area contributed by atoms with Gasteiger partial charge in [0.1, 0.15) is 12.1 Å². The molecule has 0 radical (unpaired) electrons. The molecule has 0 bridgehead atoms. The van der Waals surface area contributed by atoms with E-state index in [0.717, 1.165) is 0 Å². The third-order valence-electron chi connectivity index (χ3n) is 2.34. The number of alkyl halides is 3. The lowest BCUT2D eigenvalue weighted by molar-refractivity contribution is -0.127. The van der Waals surface area contributed by atoms with E-state index < -0.39 is 12.6 Å². The Morgan fingerprint density at radius 2 is 2.00 bits per heavy atom. The van der Waals surface area contributed by atoms with Crippen LogP contribution in [0.2, 0.25) is 0 Å². The third-order valence-corrected chi connectivity index (χ3v) is 2.34. The van der Waals surface area contributed by atoms with Gasteiger partial charge >= 0.3 is 6.18 Å². The first-order valence-electron chi connectivity index (χ1n) is 4.98. The van der Waals surface area contributed by atoms with E-state index >= 15 is 0 Å². The van der Waals surface area contributed by atoms with Crippen LogP contribution < -0.4 is 5.32 Å². The lowest BCUT2D eigenvalue weighted by Crippen LogP contribution is -2.11. The van der Waals surface area contributed by atoms with Crippen LogP contribution >= 0.6 is 0 Å². The van der Waals surface area contributed by atoms with E-state index in [1.54, 1.807) is 13.1 Å². The highest BCUT2D eigenvalue weighted by Gasteiger charge is 2.27. The molecule has 0 fully saturated rings. The molecule has 0 saturated heterocycles. The molecule has 0 unspecified atom stereocenters. The number of aromatic nitrogens is 2. The van der Waals surface area contributed by atoms with Gasteiger partial charge in [0.2, 0.25) is 0 Å². The molecule has 1 N–H and O–H groups in total. The van der Waals surface area contributed by atoms with Gasteiger partial charge in [0.15, 0.2) is 0 Å². The zero-order valence-corrected chi connectivity index (χ0v) is 9.04. The average molecular weight is 241 g/mol. The zero-order chi connectivity index (χ0) is 12.5. The summed E-state index contributed by atoms with van der Waals surface area (Å²) >= 11 is 0. The van der Waals surface area contributed by atoms with Gasteiger partial charge in [-0.2, -0.15) is 13.2 Å².